The standard InChI is InChI=1S/C20H27F2N3O/c21-20(22)12-17(23-14-20)18(26)25-10-7-19(8-11-25)6-9-24(15-19)13-16-4-2-1-3-5-16/h1-5,17,23H,6-15H2. The molecule has 3 heterocycles. The number of nitrogens with one attached hydrogen (secondary N) is 1. The highest BCUT2D eigenvalue weighted by molar-refractivity contribution is 5.82. The molecule has 1 amide bonds. The molecule has 4 nitrogen and oxygen atoms in total. The van der Waals surface area contributed by atoms with Crippen molar-refractivity contribution >= 4 is 5.91 Å². The number of likely N-dealkylation sites (tertiary alicyclic amines) is 2. The average Bonchev–Trinajstić information content (AvgIpc) is 3.19. The lowest BCUT2D eigenvalue weighted by atomic mass is 9.77. The third-order valence-corrected chi connectivity index (χ3v) is 6.31. The van der Waals surface area contributed by atoms with Crippen LogP contribution >= 0.6 is 0 Å². The van der Waals surface area contributed by atoms with Gasteiger partial charge in [0.15, 0.2) is 0 Å². The molecule has 1 aromatic rings. The minimum Gasteiger partial charge on any atom is -0.341 e. The third-order valence-electron chi connectivity index (χ3n) is 6.31. The van der Waals surface area contributed by atoms with E-state index in [4.69, 9.17) is 0 Å². The zero-order valence-electron chi connectivity index (χ0n) is 15.1. The van der Waals surface area contributed by atoms with Gasteiger partial charge in [-0.1, -0.05) is 30.3 Å². The highest BCUT2D eigenvalue weighted by atomic mass is 19.3. The topological polar surface area (TPSA) is 35.6 Å². The molecule has 4 rings (SSSR count). The maximum atomic E-state index is 13.3. The molecule has 0 aliphatic carbocycles. The van der Waals surface area contributed by atoms with Gasteiger partial charge in [-0.3, -0.25) is 15.0 Å². The molecular weight excluding hydrogens is 336 g/mol. The van der Waals surface area contributed by atoms with E-state index in [9.17, 15) is 13.6 Å². The SMILES string of the molecule is O=C(C1CC(F)(F)CN1)N1CCC2(CCN(Cc3ccccc3)C2)CC1. The average molecular weight is 363 g/mol. The number of carbonyl (C=O) groups is 1. The second-order valence-electron chi connectivity index (χ2n) is 8.27. The van der Waals surface area contributed by atoms with Crippen LogP contribution in [0.1, 0.15) is 31.2 Å². The van der Waals surface area contributed by atoms with Gasteiger partial charge in [-0.05, 0) is 36.8 Å². The zero-order chi connectivity index (χ0) is 18.2. The van der Waals surface area contributed by atoms with Gasteiger partial charge in [0.2, 0.25) is 5.91 Å². The predicted octanol–water partition coefficient (Wildman–Crippen LogP) is 2.50. The Bertz CT molecular complexity index is 644. The summed E-state index contributed by atoms with van der Waals surface area (Å²) in [4.78, 5) is 16.8. The second kappa shape index (κ2) is 6.89. The Labute approximate surface area is 153 Å². The Hall–Kier alpha value is -1.53. The quantitative estimate of drug-likeness (QED) is 0.896. The number of halogens is 2. The molecule has 1 aromatic carbocycles. The fourth-order valence-corrected chi connectivity index (χ4v) is 4.72. The predicted molar refractivity (Wildman–Crippen MR) is 95.9 cm³/mol. The summed E-state index contributed by atoms with van der Waals surface area (Å²) in [7, 11) is 0. The van der Waals surface area contributed by atoms with Gasteiger partial charge in [-0.25, -0.2) is 8.78 Å². The van der Waals surface area contributed by atoms with E-state index in [0.717, 1.165) is 32.5 Å². The number of hydrogen-bond donors (Lipinski definition) is 1. The molecule has 0 saturated carbocycles. The Kier molecular flexibility index (Phi) is 4.73. The molecular formula is C20H27F2N3O. The summed E-state index contributed by atoms with van der Waals surface area (Å²) in [5.74, 6) is -2.89. The van der Waals surface area contributed by atoms with Crippen molar-refractivity contribution in [2.45, 2.75) is 44.2 Å². The third kappa shape index (κ3) is 3.76. The highest BCUT2D eigenvalue weighted by Crippen LogP contribution is 2.41. The van der Waals surface area contributed by atoms with E-state index in [1.807, 2.05) is 6.07 Å². The van der Waals surface area contributed by atoms with Crippen LogP contribution in [-0.2, 0) is 11.3 Å². The maximum Gasteiger partial charge on any atom is 0.262 e. The van der Waals surface area contributed by atoms with Crippen LogP contribution in [0.3, 0.4) is 0 Å². The molecule has 3 aliphatic rings. The largest absolute Gasteiger partial charge is 0.341 e. The number of benzene rings is 1. The van der Waals surface area contributed by atoms with Crippen molar-refractivity contribution in [3.8, 4) is 0 Å². The summed E-state index contributed by atoms with van der Waals surface area (Å²) in [5, 5.41) is 2.69. The molecule has 142 valence electrons. The monoisotopic (exact) mass is 363 g/mol. The van der Waals surface area contributed by atoms with Gasteiger partial charge in [0, 0.05) is 32.6 Å². The molecule has 0 aromatic heterocycles. The van der Waals surface area contributed by atoms with E-state index in [-0.39, 0.29) is 18.9 Å². The van der Waals surface area contributed by atoms with Gasteiger partial charge in [0.25, 0.3) is 5.92 Å². The summed E-state index contributed by atoms with van der Waals surface area (Å²) < 4.78 is 26.7. The van der Waals surface area contributed by atoms with Gasteiger partial charge in [-0.2, -0.15) is 0 Å². The zero-order valence-corrected chi connectivity index (χ0v) is 15.1. The number of nitrogens with zero attached hydrogens (tertiary/aromatic N) is 2. The van der Waals surface area contributed by atoms with Crippen molar-refractivity contribution < 1.29 is 13.6 Å². The second-order valence-corrected chi connectivity index (χ2v) is 8.27. The lowest BCUT2D eigenvalue weighted by Gasteiger charge is -2.40. The normalized spacial score (nSPS) is 27.9. The molecule has 0 radical (unpaired) electrons. The molecule has 1 atom stereocenters. The van der Waals surface area contributed by atoms with Crippen LogP contribution in [0, 0.1) is 5.41 Å². The minimum atomic E-state index is -2.75. The van der Waals surface area contributed by atoms with Crippen LogP contribution in [-0.4, -0.2) is 60.4 Å². The molecule has 26 heavy (non-hydrogen) atoms. The molecule has 6 heteroatoms. The first-order chi connectivity index (χ1) is 12.4. The number of carbonyl (C=O) groups excluding carboxylic acids is 1. The summed E-state index contributed by atoms with van der Waals surface area (Å²) in [6, 6.07) is 9.80. The molecule has 3 fully saturated rings. The Morgan fingerprint density at radius 1 is 1.12 bits per heavy atom. The van der Waals surface area contributed by atoms with Crippen molar-refractivity contribution in [2.24, 2.45) is 5.41 Å². The van der Waals surface area contributed by atoms with Gasteiger partial charge in [0.1, 0.15) is 0 Å². The van der Waals surface area contributed by atoms with E-state index < -0.39 is 12.0 Å². The number of alkyl halides is 2. The number of piperidine rings is 1. The van der Waals surface area contributed by atoms with Crippen LogP contribution in [0.2, 0.25) is 0 Å². The molecule has 3 aliphatic heterocycles. The van der Waals surface area contributed by atoms with Gasteiger partial charge in [-0.15, -0.1) is 0 Å². The molecule has 3 saturated heterocycles. The summed E-state index contributed by atoms with van der Waals surface area (Å²) >= 11 is 0. The first-order valence-corrected chi connectivity index (χ1v) is 9.61. The molecule has 1 N–H and O–H groups in total. The van der Waals surface area contributed by atoms with Crippen LogP contribution in [0.4, 0.5) is 8.78 Å². The summed E-state index contributed by atoms with van der Waals surface area (Å²) in [6.07, 6.45) is 2.76. The van der Waals surface area contributed by atoms with Crippen molar-refractivity contribution in [1.82, 2.24) is 15.1 Å². The van der Waals surface area contributed by atoms with Crippen molar-refractivity contribution in [1.29, 1.82) is 0 Å². The molecule has 1 unspecified atom stereocenters. The van der Waals surface area contributed by atoms with E-state index >= 15 is 0 Å². The van der Waals surface area contributed by atoms with Crippen LogP contribution < -0.4 is 5.32 Å². The number of amides is 1. The number of hydrogen-bond acceptors (Lipinski definition) is 3. The molecule has 0 bridgehead atoms. The lowest BCUT2D eigenvalue weighted by molar-refractivity contribution is -0.136. The Morgan fingerprint density at radius 3 is 2.46 bits per heavy atom. The number of rotatable bonds is 3. The van der Waals surface area contributed by atoms with Crippen LogP contribution in [0.15, 0.2) is 30.3 Å². The van der Waals surface area contributed by atoms with E-state index in [1.54, 1.807) is 4.90 Å². The van der Waals surface area contributed by atoms with E-state index in [1.165, 1.54) is 12.0 Å². The van der Waals surface area contributed by atoms with E-state index in [2.05, 4.69) is 34.5 Å². The fraction of sp³-hybridized carbons (Fsp3) is 0.650. The first kappa shape index (κ1) is 17.9. The van der Waals surface area contributed by atoms with Crippen LogP contribution in [0.5, 0.6) is 0 Å². The Balaban J connectivity index is 1.29. The van der Waals surface area contributed by atoms with Crippen molar-refractivity contribution in [3.05, 3.63) is 35.9 Å². The smallest absolute Gasteiger partial charge is 0.262 e. The van der Waals surface area contributed by atoms with Crippen molar-refractivity contribution in [2.75, 3.05) is 32.7 Å². The van der Waals surface area contributed by atoms with Gasteiger partial charge >= 0.3 is 0 Å². The summed E-state index contributed by atoms with van der Waals surface area (Å²) in [6.45, 7) is 4.16. The lowest BCUT2D eigenvalue weighted by Crippen LogP contribution is -2.49. The van der Waals surface area contributed by atoms with Gasteiger partial charge in [0.05, 0.1) is 12.6 Å². The minimum absolute atomic E-state index is 0.142. The Morgan fingerprint density at radius 2 is 1.81 bits per heavy atom. The fourth-order valence-electron chi connectivity index (χ4n) is 4.72. The highest BCUT2D eigenvalue weighted by Gasteiger charge is 2.46. The first-order valence-electron chi connectivity index (χ1n) is 9.61. The van der Waals surface area contributed by atoms with Crippen molar-refractivity contribution in [3.63, 3.8) is 0 Å². The maximum absolute atomic E-state index is 13.3. The molecule has 1 spiro atoms. The van der Waals surface area contributed by atoms with Gasteiger partial charge < -0.3 is 4.90 Å². The van der Waals surface area contributed by atoms with E-state index in [0.29, 0.717) is 18.5 Å². The van der Waals surface area contributed by atoms with Crippen LogP contribution in [0.25, 0.3) is 0 Å². The summed E-state index contributed by atoms with van der Waals surface area (Å²) in [5.41, 5.74) is 1.63.